The Kier molecular flexibility index (Phi) is 3.64. The summed E-state index contributed by atoms with van der Waals surface area (Å²) < 4.78 is 1.90. The largest absolute Gasteiger partial charge is 0.314 e. The zero-order valence-electron chi connectivity index (χ0n) is 10.6. The quantitative estimate of drug-likeness (QED) is 0.824. The van der Waals surface area contributed by atoms with E-state index in [-0.39, 0.29) is 0 Å². The van der Waals surface area contributed by atoms with Gasteiger partial charge in [0.15, 0.2) is 0 Å². The molecule has 1 aliphatic rings. The van der Waals surface area contributed by atoms with E-state index in [1.54, 1.807) is 0 Å². The Morgan fingerprint density at radius 3 is 2.69 bits per heavy atom. The van der Waals surface area contributed by atoms with Gasteiger partial charge in [0.05, 0.1) is 5.69 Å². The third-order valence-corrected chi connectivity index (χ3v) is 3.60. The van der Waals surface area contributed by atoms with Gasteiger partial charge in [0, 0.05) is 19.3 Å². The minimum atomic E-state index is 0.608. The van der Waals surface area contributed by atoms with Crippen LogP contribution in [0.5, 0.6) is 0 Å². The van der Waals surface area contributed by atoms with Crippen LogP contribution in [0.3, 0.4) is 0 Å². The maximum atomic E-state index is 4.46. The first-order chi connectivity index (χ1) is 7.65. The fourth-order valence-corrected chi connectivity index (χ4v) is 2.40. The summed E-state index contributed by atoms with van der Waals surface area (Å²) in [5.41, 5.74) is 1.25. The molecule has 1 fully saturated rings. The van der Waals surface area contributed by atoms with Crippen LogP contribution in [0, 0.1) is 11.8 Å². The van der Waals surface area contributed by atoms with Crippen LogP contribution in [-0.2, 0) is 13.5 Å². The van der Waals surface area contributed by atoms with E-state index in [1.807, 2.05) is 17.9 Å². The second-order valence-electron chi connectivity index (χ2n) is 5.35. The van der Waals surface area contributed by atoms with Gasteiger partial charge >= 0.3 is 0 Å². The number of rotatable bonds is 5. The lowest BCUT2D eigenvalue weighted by Crippen LogP contribution is -2.38. The molecule has 3 heteroatoms. The van der Waals surface area contributed by atoms with Crippen LogP contribution in [0.4, 0.5) is 0 Å². The van der Waals surface area contributed by atoms with Gasteiger partial charge in [-0.15, -0.1) is 0 Å². The minimum Gasteiger partial charge on any atom is -0.314 e. The fraction of sp³-hybridized carbons (Fsp3) is 0.769. The number of nitrogens with one attached hydrogen (secondary N) is 1. The van der Waals surface area contributed by atoms with Crippen molar-refractivity contribution >= 4 is 0 Å². The monoisotopic (exact) mass is 221 g/mol. The Balaban J connectivity index is 1.78. The van der Waals surface area contributed by atoms with Gasteiger partial charge in [0.2, 0.25) is 0 Å². The molecule has 2 unspecified atom stereocenters. The molecule has 16 heavy (non-hydrogen) atoms. The number of nitrogens with zero attached hydrogens (tertiary/aromatic N) is 2. The first kappa shape index (κ1) is 11.6. The molecular formula is C13H23N3. The van der Waals surface area contributed by atoms with Crippen molar-refractivity contribution in [1.82, 2.24) is 15.1 Å². The predicted molar refractivity (Wildman–Crippen MR) is 66.3 cm³/mol. The minimum absolute atomic E-state index is 0.608. The lowest BCUT2D eigenvalue weighted by atomic mass is 9.71. The Morgan fingerprint density at radius 1 is 1.44 bits per heavy atom. The standard InChI is InChI=1S/C13H23N3/c1-10(2)14-9-12-5-4-11(12)8-13-6-7-16(3)15-13/h6-7,10-12,14H,4-5,8-9H2,1-3H3. The van der Waals surface area contributed by atoms with Crippen molar-refractivity contribution in [2.24, 2.45) is 18.9 Å². The van der Waals surface area contributed by atoms with Crippen molar-refractivity contribution in [2.45, 2.75) is 39.2 Å². The Bertz CT molecular complexity index is 330. The van der Waals surface area contributed by atoms with Crippen molar-refractivity contribution in [2.75, 3.05) is 6.54 Å². The molecule has 2 rings (SSSR count). The molecule has 1 aromatic heterocycles. The molecule has 0 spiro atoms. The smallest absolute Gasteiger partial charge is 0.0627 e. The van der Waals surface area contributed by atoms with Gasteiger partial charge < -0.3 is 5.32 Å². The van der Waals surface area contributed by atoms with Crippen molar-refractivity contribution in [1.29, 1.82) is 0 Å². The second kappa shape index (κ2) is 5.00. The molecule has 0 aromatic carbocycles. The molecule has 1 N–H and O–H groups in total. The fourth-order valence-electron chi connectivity index (χ4n) is 2.40. The average Bonchev–Trinajstić information content (AvgIpc) is 2.59. The summed E-state index contributed by atoms with van der Waals surface area (Å²) in [5.74, 6) is 1.71. The summed E-state index contributed by atoms with van der Waals surface area (Å²) in [6.45, 7) is 5.61. The van der Waals surface area contributed by atoms with Crippen LogP contribution in [0.25, 0.3) is 0 Å². The summed E-state index contributed by atoms with van der Waals surface area (Å²) in [6, 6.07) is 2.75. The highest BCUT2D eigenvalue weighted by Crippen LogP contribution is 2.36. The Morgan fingerprint density at radius 2 is 2.19 bits per heavy atom. The molecule has 0 radical (unpaired) electrons. The lowest BCUT2D eigenvalue weighted by molar-refractivity contribution is 0.166. The van der Waals surface area contributed by atoms with Crippen LogP contribution in [0.2, 0.25) is 0 Å². The molecule has 0 amide bonds. The maximum absolute atomic E-state index is 4.46. The van der Waals surface area contributed by atoms with E-state index in [4.69, 9.17) is 0 Å². The highest BCUT2D eigenvalue weighted by molar-refractivity contribution is 5.02. The highest BCUT2D eigenvalue weighted by atomic mass is 15.2. The van der Waals surface area contributed by atoms with Gasteiger partial charge in [0.1, 0.15) is 0 Å². The normalized spacial score (nSPS) is 24.8. The van der Waals surface area contributed by atoms with E-state index < -0.39 is 0 Å². The van der Waals surface area contributed by atoms with Gasteiger partial charge in [-0.05, 0) is 43.7 Å². The topological polar surface area (TPSA) is 29.9 Å². The molecular weight excluding hydrogens is 198 g/mol. The summed E-state index contributed by atoms with van der Waals surface area (Å²) in [4.78, 5) is 0. The zero-order valence-corrected chi connectivity index (χ0v) is 10.6. The average molecular weight is 221 g/mol. The van der Waals surface area contributed by atoms with Gasteiger partial charge in [-0.3, -0.25) is 4.68 Å². The molecule has 0 saturated heterocycles. The molecule has 1 heterocycles. The number of hydrogen-bond acceptors (Lipinski definition) is 2. The maximum Gasteiger partial charge on any atom is 0.0627 e. The number of hydrogen-bond donors (Lipinski definition) is 1. The molecule has 0 aliphatic heterocycles. The molecule has 2 atom stereocenters. The summed E-state index contributed by atoms with van der Waals surface area (Å²) in [7, 11) is 1.99. The van der Waals surface area contributed by atoms with Gasteiger partial charge in [0.25, 0.3) is 0 Å². The third kappa shape index (κ3) is 2.85. The molecule has 1 aliphatic carbocycles. The van der Waals surface area contributed by atoms with E-state index in [9.17, 15) is 0 Å². The SMILES string of the molecule is CC(C)NCC1CCC1Cc1ccn(C)n1. The van der Waals surface area contributed by atoms with E-state index in [0.29, 0.717) is 6.04 Å². The van der Waals surface area contributed by atoms with E-state index in [2.05, 4.69) is 30.3 Å². The summed E-state index contributed by atoms with van der Waals surface area (Å²) >= 11 is 0. The second-order valence-corrected chi connectivity index (χ2v) is 5.35. The van der Waals surface area contributed by atoms with E-state index in [1.165, 1.54) is 25.1 Å². The number of aromatic nitrogens is 2. The lowest BCUT2D eigenvalue weighted by Gasteiger charge is -2.37. The van der Waals surface area contributed by atoms with Gasteiger partial charge in [-0.1, -0.05) is 13.8 Å². The molecule has 0 bridgehead atoms. The molecule has 3 nitrogen and oxygen atoms in total. The van der Waals surface area contributed by atoms with Crippen LogP contribution in [0.15, 0.2) is 12.3 Å². The van der Waals surface area contributed by atoms with Crippen molar-refractivity contribution in [3.8, 4) is 0 Å². The molecule has 1 aromatic rings. The van der Waals surface area contributed by atoms with E-state index in [0.717, 1.165) is 18.3 Å². The molecule has 90 valence electrons. The third-order valence-electron chi connectivity index (χ3n) is 3.60. The van der Waals surface area contributed by atoms with Gasteiger partial charge in [-0.25, -0.2) is 0 Å². The first-order valence-corrected chi connectivity index (χ1v) is 6.37. The first-order valence-electron chi connectivity index (χ1n) is 6.37. The summed E-state index contributed by atoms with van der Waals surface area (Å²) in [6.07, 6.45) is 5.96. The van der Waals surface area contributed by atoms with E-state index >= 15 is 0 Å². The van der Waals surface area contributed by atoms with Crippen LogP contribution >= 0.6 is 0 Å². The van der Waals surface area contributed by atoms with Crippen molar-refractivity contribution in [3.63, 3.8) is 0 Å². The summed E-state index contributed by atoms with van der Waals surface area (Å²) in [5, 5.41) is 8.00. The highest BCUT2D eigenvalue weighted by Gasteiger charge is 2.30. The molecule has 1 saturated carbocycles. The zero-order chi connectivity index (χ0) is 11.5. The van der Waals surface area contributed by atoms with Crippen LogP contribution in [-0.4, -0.2) is 22.4 Å². The van der Waals surface area contributed by atoms with Gasteiger partial charge in [-0.2, -0.15) is 5.10 Å². The van der Waals surface area contributed by atoms with Crippen LogP contribution < -0.4 is 5.32 Å². The van der Waals surface area contributed by atoms with Crippen LogP contribution in [0.1, 0.15) is 32.4 Å². The number of aryl methyl sites for hydroxylation is 1. The predicted octanol–water partition coefficient (Wildman–Crippen LogP) is 1.99. The Labute approximate surface area is 98.2 Å². The van der Waals surface area contributed by atoms with Crippen molar-refractivity contribution in [3.05, 3.63) is 18.0 Å². The van der Waals surface area contributed by atoms with Crippen molar-refractivity contribution < 1.29 is 0 Å². The Hall–Kier alpha value is -0.830.